The van der Waals surface area contributed by atoms with Gasteiger partial charge in [-0.15, -0.1) is 11.3 Å². The van der Waals surface area contributed by atoms with Crippen molar-refractivity contribution in [2.45, 2.75) is 32.4 Å². The first kappa shape index (κ1) is 19.1. The number of hydrogen-bond donors (Lipinski definition) is 1. The van der Waals surface area contributed by atoms with E-state index in [2.05, 4.69) is 0 Å². The molecule has 2 heterocycles. The van der Waals surface area contributed by atoms with Gasteiger partial charge in [0, 0.05) is 37.4 Å². The second-order valence-corrected chi connectivity index (χ2v) is 7.56. The van der Waals surface area contributed by atoms with Gasteiger partial charge in [-0.1, -0.05) is 30.3 Å². The number of benzene rings is 1. The summed E-state index contributed by atoms with van der Waals surface area (Å²) < 4.78 is 0. The first-order valence-corrected chi connectivity index (χ1v) is 9.77. The summed E-state index contributed by atoms with van der Waals surface area (Å²) in [4.78, 5) is 40.5. The molecule has 7 heteroatoms. The summed E-state index contributed by atoms with van der Waals surface area (Å²) in [6.07, 6.45) is 0.973. The second-order valence-electron chi connectivity index (χ2n) is 6.56. The van der Waals surface area contributed by atoms with E-state index >= 15 is 0 Å². The van der Waals surface area contributed by atoms with Crippen LogP contribution in [0.5, 0.6) is 0 Å². The van der Waals surface area contributed by atoms with E-state index in [1.807, 2.05) is 41.8 Å². The van der Waals surface area contributed by atoms with Crippen LogP contribution in [0.3, 0.4) is 0 Å². The van der Waals surface area contributed by atoms with Gasteiger partial charge in [-0.3, -0.25) is 14.4 Å². The lowest BCUT2D eigenvalue weighted by atomic mass is 10.1. The van der Waals surface area contributed by atoms with Gasteiger partial charge in [-0.05, 0) is 29.0 Å². The van der Waals surface area contributed by atoms with Crippen LogP contribution in [0, 0.1) is 0 Å². The molecule has 0 saturated heterocycles. The van der Waals surface area contributed by atoms with Crippen LogP contribution in [0.4, 0.5) is 0 Å². The molecule has 0 spiro atoms. The molecule has 0 fully saturated rings. The molecule has 1 aromatic carbocycles. The number of carboxylic acid groups (broad SMARTS) is 1. The molecule has 142 valence electrons. The Bertz CT molecular complexity index is 818. The van der Waals surface area contributed by atoms with Crippen LogP contribution in [0.1, 0.15) is 28.8 Å². The number of amides is 2. The third kappa shape index (κ3) is 5.17. The van der Waals surface area contributed by atoms with Gasteiger partial charge in [-0.2, -0.15) is 0 Å². The van der Waals surface area contributed by atoms with Crippen molar-refractivity contribution in [1.82, 2.24) is 9.80 Å². The monoisotopic (exact) mass is 386 g/mol. The number of nitrogens with zero attached hydrogens (tertiary/aromatic N) is 2. The van der Waals surface area contributed by atoms with E-state index in [0.717, 1.165) is 12.0 Å². The molecule has 0 unspecified atom stereocenters. The number of fused-ring (bicyclic) bond motifs is 1. The highest BCUT2D eigenvalue weighted by molar-refractivity contribution is 7.10. The van der Waals surface area contributed by atoms with E-state index in [-0.39, 0.29) is 37.7 Å². The van der Waals surface area contributed by atoms with Crippen LogP contribution in [-0.2, 0) is 33.9 Å². The number of carbonyl (C=O) groups is 3. The van der Waals surface area contributed by atoms with Gasteiger partial charge >= 0.3 is 5.97 Å². The molecule has 3 rings (SSSR count). The maximum atomic E-state index is 12.5. The summed E-state index contributed by atoms with van der Waals surface area (Å²) in [7, 11) is 0. The smallest absolute Gasteiger partial charge is 0.323 e. The van der Waals surface area contributed by atoms with Crippen molar-refractivity contribution in [2.24, 2.45) is 0 Å². The van der Waals surface area contributed by atoms with Crippen LogP contribution in [-0.4, -0.2) is 45.8 Å². The summed E-state index contributed by atoms with van der Waals surface area (Å²) >= 11 is 1.71. The molecule has 2 amide bonds. The number of rotatable bonds is 7. The average Bonchev–Trinajstić information content (AvgIpc) is 3.13. The standard InChI is InChI=1S/C20H22N2O4S/c23-18(21-10-8-17-16(13-21)9-11-27-17)6-7-19(24)22(14-20(25)26)12-15-4-2-1-3-5-15/h1-5,9,11H,6-8,10,12-14H2,(H,25,26). The zero-order chi connectivity index (χ0) is 19.2. The molecule has 1 aliphatic rings. The highest BCUT2D eigenvalue weighted by atomic mass is 32.1. The third-order valence-electron chi connectivity index (χ3n) is 4.61. The Labute approximate surface area is 162 Å². The Morgan fingerprint density at radius 3 is 2.63 bits per heavy atom. The zero-order valence-electron chi connectivity index (χ0n) is 15.0. The molecule has 6 nitrogen and oxygen atoms in total. The van der Waals surface area contributed by atoms with E-state index in [9.17, 15) is 14.4 Å². The molecule has 2 aromatic rings. The van der Waals surface area contributed by atoms with Crippen LogP contribution >= 0.6 is 11.3 Å². The quantitative estimate of drug-likeness (QED) is 0.793. The topological polar surface area (TPSA) is 77.9 Å². The molecule has 1 aromatic heterocycles. The van der Waals surface area contributed by atoms with E-state index in [0.29, 0.717) is 13.1 Å². The third-order valence-corrected chi connectivity index (χ3v) is 5.63. The van der Waals surface area contributed by atoms with E-state index in [1.165, 1.54) is 15.3 Å². The van der Waals surface area contributed by atoms with Crippen LogP contribution in [0.15, 0.2) is 41.8 Å². The Kier molecular flexibility index (Phi) is 6.24. The molecule has 0 atom stereocenters. The van der Waals surface area contributed by atoms with Gasteiger partial charge in [0.1, 0.15) is 6.54 Å². The van der Waals surface area contributed by atoms with Gasteiger partial charge in [0.2, 0.25) is 11.8 Å². The Morgan fingerprint density at radius 1 is 1.11 bits per heavy atom. The highest BCUT2D eigenvalue weighted by Crippen LogP contribution is 2.24. The summed E-state index contributed by atoms with van der Waals surface area (Å²) in [5, 5.41) is 11.1. The predicted molar refractivity (Wildman–Crippen MR) is 102 cm³/mol. The largest absolute Gasteiger partial charge is 0.480 e. The SMILES string of the molecule is O=C(O)CN(Cc1ccccc1)C(=O)CCC(=O)N1CCc2sccc2C1. The van der Waals surface area contributed by atoms with Crippen LogP contribution < -0.4 is 0 Å². The maximum Gasteiger partial charge on any atom is 0.323 e. The maximum absolute atomic E-state index is 12.5. The zero-order valence-corrected chi connectivity index (χ0v) is 15.8. The molecule has 0 bridgehead atoms. The number of aliphatic carboxylic acids is 1. The lowest BCUT2D eigenvalue weighted by Crippen LogP contribution is -2.38. The lowest BCUT2D eigenvalue weighted by molar-refractivity contribution is -0.145. The van der Waals surface area contributed by atoms with Gasteiger partial charge in [0.25, 0.3) is 0 Å². The Morgan fingerprint density at radius 2 is 1.89 bits per heavy atom. The normalized spacial score (nSPS) is 13.1. The van der Waals surface area contributed by atoms with E-state index in [1.54, 1.807) is 16.2 Å². The van der Waals surface area contributed by atoms with Crippen molar-refractivity contribution < 1.29 is 19.5 Å². The van der Waals surface area contributed by atoms with Crippen molar-refractivity contribution in [2.75, 3.05) is 13.1 Å². The number of carboxylic acids is 1. The fraction of sp³-hybridized carbons (Fsp3) is 0.350. The van der Waals surface area contributed by atoms with Crippen LogP contribution in [0.25, 0.3) is 0 Å². The fourth-order valence-corrected chi connectivity index (χ4v) is 4.08. The Balaban J connectivity index is 1.55. The molecule has 0 radical (unpaired) electrons. The summed E-state index contributed by atoms with van der Waals surface area (Å²) in [5.41, 5.74) is 2.04. The minimum absolute atomic E-state index is 0.0198. The predicted octanol–water partition coefficient (Wildman–Crippen LogP) is 2.53. The Hall–Kier alpha value is -2.67. The van der Waals surface area contributed by atoms with Gasteiger partial charge in [0.05, 0.1) is 0 Å². The fourth-order valence-electron chi connectivity index (χ4n) is 3.19. The average molecular weight is 386 g/mol. The summed E-state index contributed by atoms with van der Waals surface area (Å²) in [6.45, 7) is 1.12. The molecule has 1 aliphatic heterocycles. The second kappa shape index (κ2) is 8.81. The lowest BCUT2D eigenvalue weighted by Gasteiger charge is -2.27. The first-order chi connectivity index (χ1) is 13.0. The highest BCUT2D eigenvalue weighted by Gasteiger charge is 2.23. The molecular formula is C20H22N2O4S. The first-order valence-electron chi connectivity index (χ1n) is 8.89. The summed E-state index contributed by atoms with van der Waals surface area (Å²) in [5.74, 6) is -1.44. The molecule has 1 N–H and O–H groups in total. The van der Waals surface area contributed by atoms with Crippen molar-refractivity contribution in [3.63, 3.8) is 0 Å². The van der Waals surface area contributed by atoms with E-state index in [4.69, 9.17) is 5.11 Å². The van der Waals surface area contributed by atoms with Gasteiger partial charge in [0.15, 0.2) is 0 Å². The molecular weight excluding hydrogens is 364 g/mol. The van der Waals surface area contributed by atoms with Gasteiger partial charge in [-0.25, -0.2) is 0 Å². The number of carbonyl (C=O) groups excluding carboxylic acids is 2. The molecule has 27 heavy (non-hydrogen) atoms. The minimum Gasteiger partial charge on any atom is -0.480 e. The van der Waals surface area contributed by atoms with Crippen molar-refractivity contribution in [1.29, 1.82) is 0 Å². The van der Waals surface area contributed by atoms with Crippen molar-refractivity contribution >= 4 is 29.1 Å². The number of hydrogen-bond acceptors (Lipinski definition) is 4. The molecule has 0 saturated carbocycles. The number of thiophene rings is 1. The van der Waals surface area contributed by atoms with Crippen molar-refractivity contribution in [3.05, 3.63) is 57.8 Å². The van der Waals surface area contributed by atoms with Gasteiger partial charge < -0.3 is 14.9 Å². The summed E-state index contributed by atoms with van der Waals surface area (Å²) in [6, 6.07) is 11.3. The van der Waals surface area contributed by atoms with E-state index < -0.39 is 5.97 Å². The molecule has 0 aliphatic carbocycles. The van der Waals surface area contributed by atoms with Crippen LogP contribution in [0.2, 0.25) is 0 Å². The minimum atomic E-state index is -1.06. The van der Waals surface area contributed by atoms with Crippen molar-refractivity contribution in [3.8, 4) is 0 Å².